The fourth-order valence-corrected chi connectivity index (χ4v) is 1.91. The predicted octanol–water partition coefficient (Wildman–Crippen LogP) is 4.93. The molecule has 0 bridgehead atoms. The largest absolute Gasteiger partial charge is 0.123 e. The second-order valence-corrected chi connectivity index (χ2v) is 5.21. The van der Waals surface area contributed by atoms with Crippen molar-refractivity contribution in [2.75, 3.05) is 0 Å². The molecule has 84 valence electrons. The minimum Gasteiger partial charge on any atom is -0.123 e. The van der Waals surface area contributed by atoms with Gasteiger partial charge in [0, 0.05) is 10.4 Å². The Hall–Kier alpha value is -0.200. The summed E-state index contributed by atoms with van der Waals surface area (Å²) in [6.07, 6.45) is 3.19. The molecule has 0 amide bonds. The van der Waals surface area contributed by atoms with Gasteiger partial charge in [0.1, 0.15) is 0 Å². The molecule has 0 spiro atoms. The Morgan fingerprint density at radius 2 is 1.87 bits per heavy atom. The lowest BCUT2D eigenvalue weighted by Gasteiger charge is -2.12. The molecule has 0 aliphatic rings. The molecule has 0 aliphatic heterocycles. The van der Waals surface area contributed by atoms with Gasteiger partial charge in [-0.1, -0.05) is 43.6 Å². The number of hydrogen-bond acceptors (Lipinski definition) is 0. The molecule has 15 heavy (non-hydrogen) atoms. The molecule has 1 rings (SSSR count). The molecule has 1 aromatic carbocycles. The van der Waals surface area contributed by atoms with Crippen LogP contribution in [0.25, 0.3) is 0 Å². The van der Waals surface area contributed by atoms with Crippen molar-refractivity contribution in [3.63, 3.8) is 0 Å². The van der Waals surface area contributed by atoms with E-state index >= 15 is 0 Å². The van der Waals surface area contributed by atoms with Crippen molar-refractivity contribution < 1.29 is 0 Å². The van der Waals surface area contributed by atoms with Gasteiger partial charge in [-0.15, -0.1) is 11.6 Å². The van der Waals surface area contributed by atoms with Gasteiger partial charge in [0.05, 0.1) is 0 Å². The Balaban J connectivity index is 2.35. The van der Waals surface area contributed by atoms with Crippen LogP contribution in [0.1, 0.15) is 32.3 Å². The Kier molecular flexibility index (Phi) is 5.49. The maximum Gasteiger partial charge on any atom is 0.0437 e. The third-order valence-electron chi connectivity index (χ3n) is 2.61. The summed E-state index contributed by atoms with van der Waals surface area (Å²) in [5, 5.41) is 1.15. The van der Waals surface area contributed by atoms with E-state index in [4.69, 9.17) is 23.2 Å². The number of benzene rings is 1. The number of halogens is 2. The summed E-state index contributed by atoms with van der Waals surface area (Å²) >= 11 is 12.3. The fraction of sp³-hybridized carbons (Fsp3) is 0.538. The highest BCUT2D eigenvalue weighted by molar-refractivity contribution is 6.31. The first kappa shape index (κ1) is 12.9. The second-order valence-electron chi connectivity index (χ2n) is 4.24. The molecule has 1 atom stereocenters. The highest BCUT2D eigenvalue weighted by Crippen LogP contribution is 2.20. The molecule has 0 aliphatic carbocycles. The van der Waals surface area contributed by atoms with Gasteiger partial charge in [0.15, 0.2) is 0 Å². The average molecular weight is 245 g/mol. The maximum absolute atomic E-state index is 6.19. The van der Waals surface area contributed by atoms with Crippen molar-refractivity contribution in [1.29, 1.82) is 0 Å². The molecule has 1 unspecified atom stereocenters. The minimum atomic E-state index is 0.285. The maximum atomic E-state index is 6.19. The SMILES string of the molecule is CC(C)C(Cl)CCCc1ccccc1Cl. The van der Waals surface area contributed by atoms with Crippen molar-refractivity contribution >= 4 is 23.2 Å². The third-order valence-corrected chi connectivity index (χ3v) is 3.70. The lowest BCUT2D eigenvalue weighted by Crippen LogP contribution is -2.07. The van der Waals surface area contributed by atoms with E-state index in [0.717, 1.165) is 24.3 Å². The van der Waals surface area contributed by atoms with Crippen molar-refractivity contribution in [3.8, 4) is 0 Å². The predicted molar refractivity (Wildman–Crippen MR) is 68.9 cm³/mol. The molecule has 0 saturated carbocycles. The first-order valence-corrected chi connectivity index (χ1v) is 6.30. The first-order valence-electron chi connectivity index (χ1n) is 5.48. The van der Waals surface area contributed by atoms with Crippen LogP contribution in [0.2, 0.25) is 5.02 Å². The molecule has 0 saturated heterocycles. The summed E-state index contributed by atoms with van der Waals surface area (Å²) in [6, 6.07) is 8.02. The van der Waals surface area contributed by atoms with Crippen LogP contribution < -0.4 is 0 Å². The van der Waals surface area contributed by atoms with Crippen molar-refractivity contribution in [2.45, 2.75) is 38.5 Å². The summed E-state index contributed by atoms with van der Waals surface area (Å²) in [4.78, 5) is 0. The summed E-state index contributed by atoms with van der Waals surface area (Å²) in [7, 11) is 0. The fourth-order valence-electron chi connectivity index (χ4n) is 1.52. The van der Waals surface area contributed by atoms with E-state index in [9.17, 15) is 0 Å². The molecular weight excluding hydrogens is 227 g/mol. The van der Waals surface area contributed by atoms with Crippen molar-refractivity contribution in [2.24, 2.45) is 5.92 Å². The van der Waals surface area contributed by atoms with Gasteiger partial charge < -0.3 is 0 Å². The van der Waals surface area contributed by atoms with E-state index < -0.39 is 0 Å². The zero-order valence-electron chi connectivity index (χ0n) is 9.34. The number of hydrogen-bond donors (Lipinski definition) is 0. The lowest BCUT2D eigenvalue weighted by atomic mass is 10.0. The van der Waals surface area contributed by atoms with E-state index in [1.807, 2.05) is 18.2 Å². The Bertz CT molecular complexity index is 294. The van der Waals surface area contributed by atoms with E-state index in [1.165, 1.54) is 5.56 Å². The van der Waals surface area contributed by atoms with Gasteiger partial charge in [0.25, 0.3) is 0 Å². The molecule has 2 heteroatoms. The molecule has 0 radical (unpaired) electrons. The number of rotatable bonds is 5. The Morgan fingerprint density at radius 3 is 2.47 bits per heavy atom. The summed E-state index contributed by atoms with van der Waals surface area (Å²) in [5.41, 5.74) is 1.23. The smallest absolute Gasteiger partial charge is 0.0437 e. The molecule has 1 aromatic rings. The first-order chi connectivity index (χ1) is 7.11. The van der Waals surface area contributed by atoms with Crippen LogP contribution in [-0.4, -0.2) is 5.38 Å². The zero-order valence-corrected chi connectivity index (χ0v) is 10.9. The van der Waals surface area contributed by atoms with Gasteiger partial charge in [-0.3, -0.25) is 0 Å². The Morgan fingerprint density at radius 1 is 1.20 bits per heavy atom. The third kappa shape index (κ3) is 4.44. The van der Waals surface area contributed by atoms with Crippen LogP contribution >= 0.6 is 23.2 Å². The molecule has 0 aromatic heterocycles. The molecule has 0 N–H and O–H groups in total. The van der Waals surface area contributed by atoms with Crippen molar-refractivity contribution in [1.82, 2.24) is 0 Å². The van der Waals surface area contributed by atoms with Crippen LogP contribution in [-0.2, 0) is 6.42 Å². The van der Waals surface area contributed by atoms with Crippen LogP contribution in [0.4, 0.5) is 0 Å². The molecule has 0 heterocycles. The summed E-state index contributed by atoms with van der Waals surface area (Å²) in [6.45, 7) is 4.32. The highest BCUT2D eigenvalue weighted by atomic mass is 35.5. The monoisotopic (exact) mass is 244 g/mol. The number of alkyl halides is 1. The number of aryl methyl sites for hydroxylation is 1. The van der Waals surface area contributed by atoms with Gasteiger partial charge in [-0.2, -0.15) is 0 Å². The van der Waals surface area contributed by atoms with Crippen LogP contribution in [0.3, 0.4) is 0 Å². The van der Waals surface area contributed by atoms with E-state index in [2.05, 4.69) is 19.9 Å². The summed E-state index contributed by atoms with van der Waals surface area (Å²) < 4.78 is 0. The summed E-state index contributed by atoms with van der Waals surface area (Å²) in [5.74, 6) is 0.554. The minimum absolute atomic E-state index is 0.285. The van der Waals surface area contributed by atoms with Crippen LogP contribution in [0.15, 0.2) is 24.3 Å². The quantitative estimate of drug-likeness (QED) is 0.645. The van der Waals surface area contributed by atoms with E-state index in [-0.39, 0.29) is 5.38 Å². The van der Waals surface area contributed by atoms with Gasteiger partial charge in [0.2, 0.25) is 0 Å². The normalized spacial score (nSPS) is 13.1. The molecule has 0 fully saturated rings. The average Bonchev–Trinajstić information content (AvgIpc) is 2.20. The topological polar surface area (TPSA) is 0 Å². The van der Waals surface area contributed by atoms with E-state index in [0.29, 0.717) is 5.92 Å². The lowest BCUT2D eigenvalue weighted by molar-refractivity contribution is 0.547. The second kappa shape index (κ2) is 6.40. The van der Waals surface area contributed by atoms with Gasteiger partial charge >= 0.3 is 0 Å². The molecular formula is C13H18Cl2. The zero-order chi connectivity index (χ0) is 11.3. The van der Waals surface area contributed by atoms with Gasteiger partial charge in [-0.25, -0.2) is 0 Å². The van der Waals surface area contributed by atoms with E-state index in [1.54, 1.807) is 0 Å². The highest BCUT2D eigenvalue weighted by Gasteiger charge is 2.09. The van der Waals surface area contributed by atoms with Crippen LogP contribution in [0.5, 0.6) is 0 Å². The van der Waals surface area contributed by atoms with Crippen LogP contribution in [0, 0.1) is 5.92 Å². The van der Waals surface area contributed by atoms with Crippen molar-refractivity contribution in [3.05, 3.63) is 34.9 Å². The molecule has 0 nitrogen and oxygen atoms in total. The Labute approximate surface area is 103 Å². The van der Waals surface area contributed by atoms with Gasteiger partial charge in [-0.05, 0) is 36.8 Å². The standard InChI is InChI=1S/C13H18Cl2/c1-10(2)12(14)9-5-7-11-6-3-4-8-13(11)15/h3-4,6,8,10,12H,5,7,9H2,1-2H3.